The van der Waals surface area contributed by atoms with E-state index in [9.17, 15) is 10.4 Å². The van der Waals surface area contributed by atoms with Crippen molar-refractivity contribution < 1.29 is 5.11 Å². The molecular weight excluding hydrogens is 258 g/mol. The number of nitriles is 1. The lowest BCUT2D eigenvalue weighted by Gasteiger charge is -2.39. The Labute approximate surface area is 128 Å². The van der Waals surface area contributed by atoms with Crippen LogP contribution in [0.2, 0.25) is 0 Å². The lowest BCUT2D eigenvalue weighted by Crippen LogP contribution is -2.33. The van der Waals surface area contributed by atoms with Gasteiger partial charge in [0.05, 0.1) is 17.6 Å². The summed E-state index contributed by atoms with van der Waals surface area (Å²) in [5.74, 6) is 1.36. The molecule has 1 aliphatic rings. The van der Waals surface area contributed by atoms with Crippen molar-refractivity contribution in [2.75, 3.05) is 0 Å². The van der Waals surface area contributed by atoms with Gasteiger partial charge in [-0.25, -0.2) is 0 Å². The van der Waals surface area contributed by atoms with E-state index < -0.39 is 11.5 Å². The molecule has 0 bridgehead atoms. The maximum absolute atomic E-state index is 10.8. The smallest absolute Gasteiger partial charge is 0.0976 e. The summed E-state index contributed by atoms with van der Waals surface area (Å²) in [6.45, 7) is 8.63. The second kappa shape index (κ2) is 6.20. The van der Waals surface area contributed by atoms with Gasteiger partial charge in [-0.1, -0.05) is 32.0 Å². The fourth-order valence-electron chi connectivity index (χ4n) is 3.52. The summed E-state index contributed by atoms with van der Waals surface area (Å²) in [6, 6.07) is 8.51. The number of aliphatic hydroxyl groups is 1. The summed E-state index contributed by atoms with van der Waals surface area (Å²) >= 11 is 0. The standard InChI is InChI=1S/C19H27NO/c1-13(2)16-7-9-19(12-20,10-8-16)18(21)17-6-5-14(3)15(4)11-17/h5-6,11,13,16,18,21H,7-10H2,1-4H3. The topological polar surface area (TPSA) is 44.0 Å². The van der Waals surface area contributed by atoms with E-state index in [1.807, 2.05) is 18.2 Å². The third-order valence-electron chi connectivity index (χ3n) is 5.46. The van der Waals surface area contributed by atoms with Crippen LogP contribution in [0.25, 0.3) is 0 Å². The largest absolute Gasteiger partial charge is 0.387 e. The van der Waals surface area contributed by atoms with Crippen LogP contribution in [-0.2, 0) is 0 Å². The van der Waals surface area contributed by atoms with E-state index in [-0.39, 0.29) is 0 Å². The molecule has 1 atom stereocenters. The predicted octanol–water partition coefficient (Wildman–Crippen LogP) is 4.69. The highest BCUT2D eigenvalue weighted by Crippen LogP contribution is 2.48. The van der Waals surface area contributed by atoms with Crippen LogP contribution in [-0.4, -0.2) is 5.11 Å². The Kier molecular flexibility index (Phi) is 4.74. The van der Waals surface area contributed by atoms with Gasteiger partial charge >= 0.3 is 0 Å². The minimum atomic E-state index is -0.671. The van der Waals surface area contributed by atoms with Gasteiger partial charge < -0.3 is 5.11 Å². The van der Waals surface area contributed by atoms with Crippen LogP contribution in [0, 0.1) is 42.4 Å². The number of nitrogens with zero attached hydrogens (tertiary/aromatic N) is 1. The molecule has 0 radical (unpaired) electrons. The summed E-state index contributed by atoms with van der Waals surface area (Å²) in [4.78, 5) is 0. The number of benzene rings is 1. The summed E-state index contributed by atoms with van der Waals surface area (Å²) in [5, 5.41) is 20.5. The first-order valence-corrected chi connectivity index (χ1v) is 8.06. The van der Waals surface area contributed by atoms with E-state index in [2.05, 4.69) is 33.8 Å². The van der Waals surface area contributed by atoms with Crippen LogP contribution in [0.5, 0.6) is 0 Å². The van der Waals surface area contributed by atoms with Crippen LogP contribution in [0.1, 0.15) is 62.3 Å². The number of aryl methyl sites for hydroxylation is 2. The minimum absolute atomic E-state index is 0.604. The highest BCUT2D eigenvalue weighted by Gasteiger charge is 2.42. The zero-order valence-corrected chi connectivity index (χ0v) is 13.7. The second-order valence-corrected chi connectivity index (χ2v) is 7.10. The summed E-state index contributed by atoms with van der Waals surface area (Å²) in [6.07, 6.45) is 3.04. The normalized spacial score (nSPS) is 27.4. The molecule has 0 aliphatic heterocycles. The predicted molar refractivity (Wildman–Crippen MR) is 85.7 cm³/mol. The summed E-state index contributed by atoms with van der Waals surface area (Å²) in [5.41, 5.74) is 2.69. The molecule has 1 unspecified atom stereocenters. The Morgan fingerprint density at radius 3 is 2.29 bits per heavy atom. The van der Waals surface area contributed by atoms with E-state index in [1.54, 1.807) is 0 Å². The average molecular weight is 285 g/mol. The van der Waals surface area contributed by atoms with Gasteiger partial charge in [-0.05, 0) is 68.1 Å². The minimum Gasteiger partial charge on any atom is -0.387 e. The Bertz CT molecular complexity index is 533. The second-order valence-electron chi connectivity index (χ2n) is 7.10. The summed E-state index contributed by atoms with van der Waals surface area (Å²) in [7, 11) is 0. The third kappa shape index (κ3) is 3.14. The van der Waals surface area contributed by atoms with Gasteiger partial charge in [0.25, 0.3) is 0 Å². The zero-order chi connectivity index (χ0) is 15.6. The van der Waals surface area contributed by atoms with Crippen molar-refractivity contribution in [3.05, 3.63) is 34.9 Å². The fourth-order valence-corrected chi connectivity index (χ4v) is 3.52. The maximum atomic E-state index is 10.8. The van der Waals surface area contributed by atoms with Crippen LogP contribution >= 0.6 is 0 Å². The molecule has 1 fully saturated rings. The molecule has 2 heteroatoms. The van der Waals surface area contributed by atoms with E-state index in [0.717, 1.165) is 31.2 Å². The number of aliphatic hydroxyl groups excluding tert-OH is 1. The van der Waals surface area contributed by atoms with Gasteiger partial charge in [-0.2, -0.15) is 5.26 Å². The number of hydrogen-bond acceptors (Lipinski definition) is 2. The van der Waals surface area contributed by atoms with E-state index >= 15 is 0 Å². The first-order valence-electron chi connectivity index (χ1n) is 8.06. The third-order valence-corrected chi connectivity index (χ3v) is 5.46. The molecule has 0 heterocycles. The fraction of sp³-hybridized carbons (Fsp3) is 0.632. The van der Waals surface area contributed by atoms with Gasteiger partial charge in [0.2, 0.25) is 0 Å². The number of rotatable bonds is 3. The van der Waals surface area contributed by atoms with Gasteiger partial charge in [0, 0.05) is 0 Å². The highest BCUT2D eigenvalue weighted by molar-refractivity contribution is 5.33. The molecule has 114 valence electrons. The molecule has 0 saturated heterocycles. The van der Waals surface area contributed by atoms with Crippen molar-refractivity contribution in [2.24, 2.45) is 17.3 Å². The Hall–Kier alpha value is -1.33. The Morgan fingerprint density at radius 1 is 1.19 bits per heavy atom. The molecule has 0 spiro atoms. The van der Waals surface area contributed by atoms with Gasteiger partial charge in [-0.15, -0.1) is 0 Å². The van der Waals surface area contributed by atoms with Crippen molar-refractivity contribution in [3.8, 4) is 6.07 Å². The first kappa shape index (κ1) is 16.0. The molecule has 1 aromatic rings. The van der Waals surface area contributed by atoms with Crippen molar-refractivity contribution in [1.82, 2.24) is 0 Å². The first-order chi connectivity index (χ1) is 9.89. The number of hydrogen-bond donors (Lipinski definition) is 1. The average Bonchev–Trinajstić information content (AvgIpc) is 2.49. The van der Waals surface area contributed by atoms with E-state index in [1.165, 1.54) is 11.1 Å². The van der Waals surface area contributed by atoms with Crippen LogP contribution < -0.4 is 0 Å². The van der Waals surface area contributed by atoms with Crippen LogP contribution in [0.15, 0.2) is 18.2 Å². The molecule has 0 aromatic heterocycles. The van der Waals surface area contributed by atoms with E-state index in [4.69, 9.17) is 0 Å². The highest BCUT2D eigenvalue weighted by atomic mass is 16.3. The van der Waals surface area contributed by atoms with Crippen molar-refractivity contribution in [3.63, 3.8) is 0 Å². The molecule has 2 nitrogen and oxygen atoms in total. The van der Waals surface area contributed by atoms with Gasteiger partial charge in [-0.3, -0.25) is 0 Å². The van der Waals surface area contributed by atoms with Gasteiger partial charge in [0.15, 0.2) is 0 Å². The van der Waals surface area contributed by atoms with Crippen molar-refractivity contribution in [2.45, 2.75) is 59.5 Å². The zero-order valence-electron chi connectivity index (χ0n) is 13.7. The SMILES string of the molecule is Cc1ccc(C(O)C2(C#N)CCC(C(C)C)CC2)cc1C. The monoisotopic (exact) mass is 285 g/mol. The lowest BCUT2D eigenvalue weighted by molar-refractivity contribution is 0.0190. The Morgan fingerprint density at radius 2 is 1.81 bits per heavy atom. The molecule has 1 aromatic carbocycles. The van der Waals surface area contributed by atoms with E-state index in [0.29, 0.717) is 11.8 Å². The Balaban J connectivity index is 2.21. The molecule has 21 heavy (non-hydrogen) atoms. The van der Waals surface area contributed by atoms with Crippen molar-refractivity contribution in [1.29, 1.82) is 5.26 Å². The maximum Gasteiger partial charge on any atom is 0.0976 e. The lowest BCUT2D eigenvalue weighted by atomic mass is 9.65. The van der Waals surface area contributed by atoms with Crippen LogP contribution in [0.3, 0.4) is 0 Å². The molecule has 1 saturated carbocycles. The molecule has 2 rings (SSSR count). The van der Waals surface area contributed by atoms with Crippen molar-refractivity contribution >= 4 is 0 Å². The summed E-state index contributed by atoms with van der Waals surface area (Å²) < 4.78 is 0. The molecular formula is C19H27NO. The van der Waals surface area contributed by atoms with Gasteiger partial charge in [0.1, 0.15) is 0 Å². The molecule has 0 amide bonds. The molecule has 1 N–H and O–H groups in total. The van der Waals surface area contributed by atoms with Crippen LogP contribution in [0.4, 0.5) is 0 Å². The molecule has 1 aliphatic carbocycles. The quantitative estimate of drug-likeness (QED) is 0.875.